The van der Waals surface area contributed by atoms with E-state index >= 15 is 0 Å². The lowest BCUT2D eigenvalue weighted by atomic mass is 10.2. The molecule has 0 radical (unpaired) electrons. The van der Waals surface area contributed by atoms with Crippen LogP contribution in [0.5, 0.6) is 11.5 Å². The molecular weight excluding hydrogens is 344 g/mol. The van der Waals surface area contributed by atoms with Crippen LogP contribution < -0.4 is 9.47 Å². The Kier molecular flexibility index (Phi) is 4.46. The van der Waals surface area contributed by atoms with Gasteiger partial charge in [0.1, 0.15) is 5.82 Å². The fraction of sp³-hybridized carbons (Fsp3) is 0.158. The van der Waals surface area contributed by atoms with E-state index in [1.807, 2.05) is 0 Å². The zero-order chi connectivity index (χ0) is 19.0. The van der Waals surface area contributed by atoms with Crippen molar-refractivity contribution in [3.8, 4) is 11.5 Å². The normalized spacial score (nSPS) is 10.8. The summed E-state index contributed by atoms with van der Waals surface area (Å²) >= 11 is 0. The number of benzene rings is 2. The fourth-order valence-corrected chi connectivity index (χ4v) is 2.82. The van der Waals surface area contributed by atoms with Gasteiger partial charge in [0.25, 0.3) is 5.91 Å². The SMILES string of the molecule is COc1ccc2c(c1F)c(OC(C)=O)c(C)n2C(=O)c1ccc(F)cc1. The number of carbonyl (C=O) groups excluding carboxylic acids is 2. The Morgan fingerprint density at radius 3 is 2.27 bits per heavy atom. The molecule has 0 amide bonds. The highest BCUT2D eigenvalue weighted by Crippen LogP contribution is 2.38. The number of hydrogen-bond donors (Lipinski definition) is 0. The predicted molar refractivity (Wildman–Crippen MR) is 90.6 cm³/mol. The third-order valence-corrected chi connectivity index (χ3v) is 3.98. The molecule has 0 saturated heterocycles. The standard InChI is InChI=1S/C19H15F2NO4/c1-10-18(26-11(2)23)16-14(8-9-15(25-3)17(16)21)22(10)19(24)12-4-6-13(20)7-5-12/h4-9H,1-3H3. The van der Waals surface area contributed by atoms with Crippen molar-refractivity contribution in [2.24, 2.45) is 0 Å². The topological polar surface area (TPSA) is 57.5 Å². The minimum Gasteiger partial charge on any atom is -0.494 e. The molecule has 26 heavy (non-hydrogen) atoms. The highest BCUT2D eigenvalue weighted by atomic mass is 19.1. The first-order chi connectivity index (χ1) is 12.3. The molecule has 0 spiro atoms. The summed E-state index contributed by atoms with van der Waals surface area (Å²) in [5, 5.41) is -0.0347. The lowest BCUT2D eigenvalue weighted by Crippen LogP contribution is -2.14. The third kappa shape index (κ3) is 2.81. The zero-order valence-corrected chi connectivity index (χ0v) is 14.3. The Labute approximate surface area is 147 Å². The van der Waals surface area contributed by atoms with Gasteiger partial charge in [-0.25, -0.2) is 8.78 Å². The van der Waals surface area contributed by atoms with Gasteiger partial charge in [0.15, 0.2) is 17.3 Å². The second-order valence-corrected chi connectivity index (χ2v) is 5.63. The number of ether oxygens (including phenoxy) is 2. The highest BCUT2D eigenvalue weighted by molar-refractivity contribution is 6.06. The first-order valence-electron chi connectivity index (χ1n) is 7.71. The maximum absolute atomic E-state index is 14.8. The van der Waals surface area contributed by atoms with Crippen LogP contribution in [-0.4, -0.2) is 23.6 Å². The Bertz CT molecular complexity index is 1020. The van der Waals surface area contributed by atoms with Crippen molar-refractivity contribution in [2.75, 3.05) is 7.11 Å². The van der Waals surface area contributed by atoms with Crippen LogP contribution in [-0.2, 0) is 4.79 Å². The lowest BCUT2D eigenvalue weighted by Gasteiger charge is -2.07. The molecule has 3 aromatic rings. The number of hydrogen-bond acceptors (Lipinski definition) is 4. The average Bonchev–Trinajstić information content (AvgIpc) is 2.87. The maximum Gasteiger partial charge on any atom is 0.308 e. The summed E-state index contributed by atoms with van der Waals surface area (Å²) in [5.74, 6) is -2.47. The Morgan fingerprint density at radius 1 is 1.04 bits per heavy atom. The first kappa shape index (κ1) is 17.6. The van der Waals surface area contributed by atoms with Gasteiger partial charge in [0.2, 0.25) is 0 Å². The molecule has 0 N–H and O–H groups in total. The Balaban J connectivity index is 2.30. The van der Waals surface area contributed by atoms with Crippen molar-refractivity contribution >= 4 is 22.8 Å². The van der Waals surface area contributed by atoms with Gasteiger partial charge >= 0.3 is 5.97 Å². The molecule has 1 aromatic heterocycles. The van der Waals surface area contributed by atoms with E-state index in [4.69, 9.17) is 9.47 Å². The van der Waals surface area contributed by atoms with Crippen molar-refractivity contribution in [3.05, 3.63) is 59.3 Å². The monoisotopic (exact) mass is 359 g/mol. The predicted octanol–water partition coefficient (Wildman–Crippen LogP) is 3.85. The van der Waals surface area contributed by atoms with Crippen LogP contribution in [0.2, 0.25) is 0 Å². The summed E-state index contributed by atoms with van der Waals surface area (Å²) in [6.45, 7) is 2.72. The van der Waals surface area contributed by atoms with Crippen LogP contribution >= 0.6 is 0 Å². The summed E-state index contributed by atoms with van der Waals surface area (Å²) < 4.78 is 39.3. The molecule has 0 unspecified atom stereocenters. The van der Waals surface area contributed by atoms with Crippen LogP contribution in [0.3, 0.4) is 0 Å². The van der Waals surface area contributed by atoms with Gasteiger partial charge in [-0.3, -0.25) is 14.2 Å². The third-order valence-electron chi connectivity index (χ3n) is 3.98. The minimum absolute atomic E-state index is 0.0347. The first-order valence-corrected chi connectivity index (χ1v) is 7.71. The summed E-state index contributed by atoms with van der Waals surface area (Å²) in [4.78, 5) is 24.4. The van der Waals surface area contributed by atoms with Crippen LogP contribution in [0.1, 0.15) is 23.0 Å². The average molecular weight is 359 g/mol. The van der Waals surface area contributed by atoms with Gasteiger partial charge in [-0.05, 0) is 43.3 Å². The van der Waals surface area contributed by atoms with E-state index in [0.717, 1.165) is 12.1 Å². The van der Waals surface area contributed by atoms with E-state index in [1.54, 1.807) is 0 Å². The Hall–Kier alpha value is -3.22. The molecule has 0 aliphatic heterocycles. The minimum atomic E-state index is -0.741. The Morgan fingerprint density at radius 2 is 1.69 bits per heavy atom. The van der Waals surface area contributed by atoms with Crippen molar-refractivity contribution in [1.82, 2.24) is 4.57 Å². The number of nitrogens with zero attached hydrogens (tertiary/aromatic N) is 1. The van der Waals surface area contributed by atoms with Crippen LogP contribution in [0, 0.1) is 18.6 Å². The molecule has 5 nitrogen and oxygen atoms in total. The van der Waals surface area contributed by atoms with Crippen LogP contribution in [0.4, 0.5) is 8.78 Å². The molecule has 3 rings (SSSR count). The lowest BCUT2D eigenvalue weighted by molar-refractivity contribution is -0.131. The summed E-state index contributed by atoms with van der Waals surface area (Å²) in [6, 6.07) is 7.85. The van der Waals surface area contributed by atoms with E-state index < -0.39 is 23.5 Å². The molecular formula is C19H15F2NO4. The molecule has 134 valence electrons. The van der Waals surface area contributed by atoms with Crippen molar-refractivity contribution in [2.45, 2.75) is 13.8 Å². The summed E-state index contributed by atoms with van der Waals surface area (Å²) in [5.41, 5.74) is 0.667. The number of esters is 1. The molecule has 1 heterocycles. The number of halogens is 2. The number of rotatable bonds is 3. The van der Waals surface area contributed by atoms with Gasteiger partial charge in [-0.1, -0.05) is 0 Å². The zero-order valence-electron chi connectivity index (χ0n) is 14.3. The van der Waals surface area contributed by atoms with Gasteiger partial charge in [0, 0.05) is 12.5 Å². The van der Waals surface area contributed by atoms with E-state index in [0.29, 0.717) is 0 Å². The molecule has 0 fully saturated rings. The molecule has 7 heteroatoms. The highest BCUT2D eigenvalue weighted by Gasteiger charge is 2.26. The van der Waals surface area contributed by atoms with E-state index in [9.17, 15) is 18.4 Å². The van der Waals surface area contributed by atoms with E-state index in [-0.39, 0.29) is 33.7 Å². The van der Waals surface area contributed by atoms with Gasteiger partial charge in [0.05, 0.1) is 23.7 Å². The van der Waals surface area contributed by atoms with Gasteiger partial charge in [-0.15, -0.1) is 0 Å². The van der Waals surface area contributed by atoms with Gasteiger partial charge < -0.3 is 9.47 Å². The molecule has 0 bridgehead atoms. The summed E-state index contributed by atoms with van der Waals surface area (Å²) in [7, 11) is 1.31. The fourth-order valence-electron chi connectivity index (χ4n) is 2.82. The summed E-state index contributed by atoms with van der Waals surface area (Å²) in [6.07, 6.45) is 0. The second kappa shape index (κ2) is 6.59. The number of aromatic nitrogens is 1. The largest absolute Gasteiger partial charge is 0.494 e. The quantitative estimate of drug-likeness (QED) is 0.667. The molecule has 0 saturated carbocycles. The number of fused-ring (bicyclic) bond motifs is 1. The maximum atomic E-state index is 14.8. The number of carbonyl (C=O) groups is 2. The molecule has 0 aliphatic carbocycles. The molecule has 2 aromatic carbocycles. The number of methoxy groups -OCH3 is 1. The van der Waals surface area contributed by atoms with Crippen LogP contribution in [0.25, 0.3) is 10.9 Å². The van der Waals surface area contributed by atoms with Crippen molar-refractivity contribution in [1.29, 1.82) is 0 Å². The van der Waals surface area contributed by atoms with Gasteiger partial charge in [-0.2, -0.15) is 0 Å². The van der Waals surface area contributed by atoms with E-state index in [2.05, 4.69) is 0 Å². The molecule has 0 aliphatic rings. The van der Waals surface area contributed by atoms with E-state index in [1.165, 1.54) is 49.8 Å². The molecule has 0 atom stereocenters. The van der Waals surface area contributed by atoms with Crippen LogP contribution in [0.15, 0.2) is 36.4 Å². The van der Waals surface area contributed by atoms with Crippen molar-refractivity contribution < 1.29 is 27.8 Å². The second-order valence-electron chi connectivity index (χ2n) is 5.63. The smallest absolute Gasteiger partial charge is 0.308 e. The van der Waals surface area contributed by atoms with Crippen molar-refractivity contribution in [3.63, 3.8) is 0 Å².